The minimum Gasteiger partial charge on any atom is -0.383 e. The Hall–Kier alpha value is -3.32. The summed E-state index contributed by atoms with van der Waals surface area (Å²) in [6.45, 7) is 0.178. The lowest BCUT2D eigenvalue weighted by Gasteiger charge is -2.11. The third-order valence-electron chi connectivity index (χ3n) is 4.87. The van der Waals surface area contributed by atoms with E-state index in [1.165, 1.54) is 18.2 Å². The average Bonchev–Trinajstić information content (AvgIpc) is 3.31. The van der Waals surface area contributed by atoms with Crippen molar-refractivity contribution >= 4 is 22.9 Å². The van der Waals surface area contributed by atoms with Gasteiger partial charge in [0.15, 0.2) is 0 Å². The van der Waals surface area contributed by atoms with Gasteiger partial charge in [0, 0.05) is 29.3 Å². The smallest absolute Gasteiger partial charge is 0.243 e. The van der Waals surface area contributed by atoms with Gasteiger partial charge in [-0.1, -0.05) is 66.7 Å². The van der Waals surface area contributed by atoms with Crippen molar-refractivity contribution in [3.63, 3.8) is 0 Å². The molecule has 0 saturated heterocycles. The van der Waals surface area contributed by atoms with Gasteiger partial charge in [0.25, 0.3) is 0 Å². The lowest BCUT2D eigenvalue weighted by Crippen LogP contribution is -2.39. The van der Waals surface area contributed by atoms with E-state index in [1.807, 2.05) is 47.8 Å². The van der Waals surface area contributed by atoms with Gasteiger partial charge in [-0.05, 0) is 23.3 Å². The van der Waals surface area contributed by atoms with Crippen LogP contribution in [-0.2, 0) is 9.53 Å². The van der Waals surface area contributed by atoms with Crippen LogP contribution in [0, 0.1) is 0 Å². The fourth-order valence-corrected chi connectivity index (χ4v) is 4.02. The molecule has 0 spiro atoms. The van der Waals surface area contributed by atoms with Crippen LogP contribution in [0.4, 0.5) is 5.69 Å². The molecule has 0 radical (unpaired) electrons. The maximum Gasteiger partial charge on any atom is 0.243 e. The molecule has 3 N–H and O–H groups in total. The number of nitrogens with zero attached hydrogens (tertiary/aromatic N) is 1. The van der Waals surface area contributed by atoms with E-state index in [2.05, 4.69) is 41.7 Å². The number of hydrogen-bond acceptors (Lipinski definition) is 5. The summed E-state index contributed by atoms with van der Waals surface area (Å²) in [5.41, 5.74) is 11.8. The van der Waals surface area contributed by atoms with E-state index < -0.39 is 6.04 Å². The molecule has 1 heterocycles. The quantitative estimate of drug-likeness (QED) is 0.431. The molecule has 0 aliphatic carbocycles. The number of carbonyl (C=O) groups excluding carboxylic acids is 1. The van der Waals surface area contributed by atoms with Crippen molar-refractivity contribution in [2.45, 2.75) is 6.04 Å². The Morgan fingerprint density at radius 1 is 0.935 bits per heavy atom. The van der Waals surface area contributed by atoms with Gasteiger partial charge in [-0.3, -0.25) is 4.79 Å². The molecular formula is C25H23N3O2S. The van der Waals surface area contributed by atoms with E-state index in [-0.39, 0.29) is 12.5 Å². The van der Waals surface area contributed by atoms with Crippen molar-refractivity contribution in [1.82, 2.24) is 4.98 Å². The number of rotatable bonds is 7. The van der Waals surface area contributed by atoms with Crippen LogP contribution in [0.15, 0.2) is 84.2 Å². The molecule has 0 aliphatic heterocycles. The molecule has 5 nitrogen and oxygen atoms in total. The second-order valence-corrected chi connectivity index (χ2v) is 7.97. The fraction of sp³-hybridized carbons (Fsp3) is 0.120. The van der Waals surface area contributed by atoms with E-state index in [1.54, 1.807) is 11.3 Å². The number of nitrogens with one attached hydrogen (secondary N) is 1. The number of nitrogens with two attached hydrogens (primary N) is 1. The van der Waals surface area contributed by atoms with Gasteiger partial charge < -0.3 is 15.8 Å². The highest BCUT2D eigenvalue weighted by molar-refractivity contribution is 7.13. The molecule has 3 aromatic carbocycles. The highest BCUT2D eigenvalue weighted by Gasteiger charge is 2.13. The second kappa shape index (κ2) is 9.66. The number of benzene rings is 3. The van der Waals surface area contributed by atoms with Gasteiger partial charge in [0.1, 0.15) is 11.0 Å². The molecule has 1 aromatic heterocycles. The molecule has 0 fully saturated rings. The largest absolute Gasteiger partial charge is 0.383 e. The van der Waals surface area contributed by atoms with Crippen LogP contribution in [0.1, 0.15) is 0 Å². The van der Waals surface area contributed by atoms with Crippen molar-refractivity contribution in [3.05, 3.63) is 84.2 Å². The van der Waals surface area contributed by atoms with Crippen LogP contribution in [0.5, 0.6) is 0 Å². The number of thiazole rings is 1. The number of carbonyl (C=O) groups is 1. The molecule has 156 valence electrons. The Kier molecular flexibility index (Phi) is 6.52. The summed E-state index contributed by atoms with van der Waals surface area (Å²) in [5.74, 6) is -0.274. The first-order chi connectivity index (χ1) is 15.1. The molecule has 1 unspecified atom stereocenters. The number of ether oxygens (including phenoxy) is 1. The Bertz CT molecular complexity index is 1140. The maximum absolute atomic E-state index is 12.0. The summed E-state index contributed by atoms with van der Waals surface area (Å²) in [7, 11) is 1.52. The Morgan fingerprint density at radius 2 is 1.55 bits per heavy atom. The minimum absolute atomic E-state index is 0.178. The zero-order valence-corrected chi connectivity index (χ0v) is 17.9. The first kappa shape index (κ1) is 20.9. The van der Waals surface area contributed by atoms with E-state index >= 15 is 0 Å². The fourth-order valence-electron chi connectivity index (χ4n) is 3.19. The van der Waals surface area contributed by atoms with Crippen molar-refractivity contribution in [3.8, 4) is 33.0 Å². The van der Waals surface area contributed by atoms with Gasteiger partial charge in [0.2, 0.25) is 5.91 Å². The topological polar surface area (TPSA) is 77.2 Å². The molecule has 0 aliphatic rings. The number of aromatic nitrogens is 1. The van der Waals surface area contributed by atoms with E-state index in [9.17, 15) is 4.79 Å². The molecule has 0 bridgehead atoms. The van der Waals surface area contributed by atoms with Crippen LogP contribution in [-0.4, -0.2) is 30.6 Å². The van der Waals surface area contributed by atoms with Gasteiger partial charge in [0.05, 0.1) is 12.3 Å². The first-order valence-electron chi connectivity index (χ1n) is 9.91. The first-order valence-corrected chi connectivity index (χ1v) is 10.8. The summed E-state index contributed by atoms with van der Waals surface area (Å²) in [5, 5.41) is 5.81. The Morgan fingerprint density at radius 3 is 2.23 bits per heavy atom. The highest BCUT2D eigenvalue weighted by Crippen LogP contribution is 2.31. The summed E-state index contributed by atoms with van der Waals surface area (Å²) in [6.07, 6.45) is 0. The Labute approximate surface area is 185 Å². The molecule has 31 heavy (non-hydrogen) atoms. The van der Waals surface area contributed by atoms with Gasteiger partial charge >= 0.3 is 0 Å². The zero-order chi connectivity index (χ0) is 21.6. The maximum atomic E-state index is 12.0. The Balaban J connectivity index is 1.45. The standard InChI is InChI=1S/C25H23N3O2S/c1-30-15-22(26)24(29)27-21-13-11-19(12-14-21)23-16-31-25(28-23)20-9-7-18(8-10-20)17-5-3-2-4-6-17/h2-14,16,22H,15,26H2,1H3,(H,27,29). The third kappa shape index (κ3) is 5.06. The van der Waals surface area contributed by atoms with Gasteiger partial charge in [-0.25, -0.2) is 4.98 Å². The minimum atomic E-state index is -0.695. The third-order valence-corrected chi connectivity index (χ3v) is 5.77. The van der Waals surface area contributed by atoms with Crippen molar-refractivity contribution in [2.75, 3.05) is 19.0 Å². The number of hydrogen-bond donors (Lipinski definition) is 2. The molecular weight excluding hydrogens is 406 g/mol. The average molecular weight is 430 g/mol. The SMILES string of the molecule is COCC(N)C(=O)Nc1ccc(-c2csc(-c3ccc(-c4ccccc4)cc3)n2)cc1. The van der Waals surface area contributed by atoms with Crippen LogP contribution in [0.25, 0.3) is 33.0 Å². The van der Waals surface area contributed by atoms with Crippen LogP contribution >= 0.6 is 11.3 Å². The molecule has 0 saturated carbocycles. The predicted molar refractivity (Wildman–Crippen MR) is 127 cm³/mol. The van der Waals surface area contributed by atoms with Crippen molar-refractivity contribution in [2.24, 2.45) is 5.73 Å². The van der Waals surface area contributed by atoms with E-state index in [4.69, 9.17) is 15.5 Å². The van der Waals surface area contributed by atoms with Crippen LogP contribution < -0.4 is 11.1 Å². The van der Waals surface area contributed by atoms with E-state index in [0.29, 0.717) is 5.69 Å². The summed E-state index contributed by atoms with van der Waals surface area (Å²) >= 11 is 1.61. The van der Waals surface area contributed by atoms with Crippen molar-refractivity contribution in [1.29, 1.82) is 0 Å². The molecule has 1 atom stereocenters. The van der Waals surface area contributed by atoms with Crippen LogP contribution in [0.2, 0.25) is 0 Å². The number of methoxy groups -OCH3 is 1. The van der Waals surface area contributed by atoms with Gasteiger partial charge in [-0.2, -0.15) is 0 Å². The lowest BCUT2D eigenvalue weighted by molar-refractivity contribution is -0.118. The molecule has 6 heteroatoms. The normalized spacial score (nSPS) is 11.8. The summed E-state index contributed by atoms with van der Waals surface area (Å²) in [4.78, 5) is 16.8. The molecule has 4 rings (SSSR count). The summed E-state index contributed by atoms with van der Waals surface area (Å²) < 4.78 is 4.91. The van der Waals surface area contributed by atoms with Crippen LogP contribution in [0.3, 0.4) is 0 Å². The zero-order valence-electron chi connectivity index (χ0n) is 17.1. The highest BCUT2D eigenvalue weighted by atomic mass is 32.1. The molecule has 4 aromatic rings. The summed E-state index contributed by atoms with van der Waals surface area (Å²) in [6, 6.07) is 25.6. The monoisotopic (exact) mass is 429 g/mol. The van der Waals surface area contributed by atoms with E-state index in [0.717, 1.165) is 21.8 Å². The second-order valence-electron chi connectivity index (χ2n) is 7.11. The number of anilines is 1. The lowest BCUT2D eigenvalue weighted by atomic mass is 10.0. The number of amides is 1. The predicted octanol–water partition coefficient (Wildman–Crippen LogP) is 5.06. The van der Waals surface area contributed by atoms with Gasteiger partial charge in [-0.15, -0.1) is 11.3 Å². The van der Waals surface area contributed by atoms with Crippen molar-refractivity contribution < 1.29 is 9.53 Å². The molecule has 1 amide bonds.